The smallest absolute Gasteiger partial charge is 0.318 e. The minimum atomic E-state index is -0.0884. The van der Waals surface area contributed by atoms with Crippen molar-refractivity contribution in [1.29, 1.82) is 0 Å². The fourth-order valence-electron chi connectivity index (χ4n) is 4.09. The number of ether oxygens (including phenoxy) is 1. The van der Waals surface area contributed by atoms with Gasteiger partial charge in [0, 0.05) is 37.3 Å². The van der Waals surface area contributed by atoms with E-state index in [2.05, 4.69) is 10.5 Å². The molecular formula is C22H28N4O4. The number of nitrogens with one attached hydrogen (secondary N) is 1. The van der Waals surface area contributed by atoms with Crippen LogP contribution in [0.25, 0.3) is 0 Å². The molecule has 0 radical (unpaired) electrons. The Hall–Kier alpha value is -3.03. The fourth-order valence-corrected chi connectivity index (χ4v) is 4.09. The van der Waals surface area contributed by atoms with Crippen LogP contribution in [-0.4, -0.2) is 59.7 Å². The highest BCUT2D eigenvalue weighted by molar-refractivity contribution is 5.80. The van der Waals surface area contributed by atoms with E-state index in [1.54, 1.807) is 4.90 Å². The number of piperazine rings is 1. The van der Waals surface area contributed by atoms with E-state index in [-0.39, 0.29) is 24.4 Å². The number of benzene rings is 1. The van der Waals surface area contributed by atoms with Crippen molar-refractivity contribution in [3.05, 3.63) is 46.8 Å². The van der Waals surface area contributed by atoms with Crippen LogP contribution in [0.1, 0.15) is 41.5 Å². The second-order valence-corrected chi connectivity index (χ2v) is 7.88. The van der Waals surface area contributed by atoms with Crippen molar-refractivity contribution < 1.29 is 18.8 Å². The second kappa shape index (κ2) is 8.77. The zero-order chi connectivity index (χ0) is 21.1. The first-order chi connectivity index (χ1) is 14.5. The zero-order valence-corrected chi connectivity index (χ0v) is 17.5. The number of amides is 3. The molecule has 0 saturated carbocycles. The number of nitrogens with zero attached hydrogens (tertiary/aromatic N) is 3. The number of para-hydroxylation sites is 1. The number of urea groups is 1. The SMILES string of the molecule is Cc1noc(C)c1CC(=O)N1CCN(C(=O)NC2CCCOc3ccccc32)CC1. The molecular weight excluding hydrogens is 384 g/mol. The van der Waals surface area contributed by atoms with Crippen molar-refractivity contribution in [1.82, 2.24) is 20.3 Å². The summed E-state index contributed by atoms with van der Waals surface area (Å²) in [5.74, 6) is 1.57. The van der Waals surface area contributed by atoms with Crippen LogP contribution >= 0.6 is 0 Å². The van der Waals surface area contributed by atoms with Crippen molar-refractivity contribution in [3.63, 3.8) is 0 Å². The molecule has 0 spiro atoms. The summed E-state index contributed by atoms with van der Waals surface area (Å²) < 4.78 is 10.9. The Labute approximate surface area is 176 Å². The van der Waals surface area contributed by atoms with Gasteiger partial charge in [-0.05, 0) is 32.8 Å². The predicted octanol–water partition coefficient (Wildman–Crippen LogP) is 2.60. The first-order valence-electron chi connectivity index (χ1n) is 10.5. The quantitative estimate of drug-likeness (QED) is 0.837. The molecule has 0 aliphatic carbocycles. The summed E-state index contributed by atoms with van der Waals surface area (Å²) in [6.07, 6.45) is 2.02. The van der Waals surface area contributed by atoms with Crippen molar-refractivity contribution in [2.24, 2.45) is 0 Å². The van der Waals surface area contributed by atoms with Crippen molar-refractivity contribution in [3.8, 4) is 5.75 Å². The Balaban J connectivity index is 1.32. The maximum atomic E-state index is 12.9. The van der Waals surface area contributed by atoms with Gasteiger partial charge in [0.15, 0.2) is 0 Å². The van der Waals surface area contributed by atoms with Gasteiger partial charge in [0.05, 0.1) is 24.8 Å². The number of rotatable bonds is 3. The lowest BCUT2D eigenvalue weighted by molar-refractivity contribution is -0.131. The third-order valence-corrected chi connectivity index (χ3v) is 5.92. The Morgan fingerprint density at radius 2 is 1.87 bits per heavy atom. The molecule has 1 unspecified atom stereocenters. The highest BCUT2D eigenvalue weighted by Gasteiger charge is 2.28. The van der Waals surface area contributed by atoms with E-state index in [4.69, 9.17) is 9.26 Å². The molecule has 3 amide bonds. The van der Waals surface area contributed by atoms with E-state index in [1.807, 2.05) is 43.0 Å². The van der Waals surface area contributed by atoms with Gasteiger partial charge in [-0.1, -0.05) is 23.4 Å². The molecule has 30 heavy (non-hydrogen) atoms. The van der Waals surface area contributed by atoms with Crippen LogP contribution in [-0.2, 0) is 11.2 Å². The van der Waals surface area contributed by atoms with E-state index < -0.39 is 0 Å². The van der Waals surface area contributed by atoms with Crippen LogP contribution in [0, 0.1) is 13.8 Å². The van der Waals surface area contributed by atoms with Gasteiger partial charge in [0.1, 0.15) is 11.5 Å². The minimum absolute atomic E-state index is 0.0410. The monoisotopic (exact) mass is 412 g/mol. The summed E-state index contributed by atoms with van der Waals surface area (Å²) in [4.78, 5) is 29.1. The lowest BCUT2D eigenvalue weighted by atomic mass is 10.0. The van der Waals surface area contributed by atoms with Crippen LogP contribution in [0.2, 0.25) is 0 Å². The Bertz CT molecular complexity index is 898. The average Bonchev–Trinajstić information content (AvgIpc) is 2.96. The van der Waals surface area contributed by atoms with Crippen molar-refractivity contribution >= 4 is 11.9 Å². The molecule has 8 heteroatoms. The summed E-state index contributed by atoms with van der Waals surface area (Å²) in [7, 11) is 0. The molecule has 4 rings (SSSR count). The van der Waals surface area contributed by atoms with Gasteiger partial charge in [-0.15, -0.1) is 0 Å². The van der Waals surface area contributed by atoms with E-state index >= 15 is 0 Å². The summed E-state index contributed by atoms with van der Waals surface area (Å²) in [5.41, 5.74) is 2.64. The standard InChI is InChI=1S/C22H28N4O4/c1-15-18(16(2)30-24-15)14-21(27)25-9-11-26(12-10-25)22(28)23-19-7-5-13-29-20-8-4-3-6-17(19)20/h3-4,6,8,19H,5,7,9-14H2,1-2H3,(H,23,28). The molecule has 1 atom stereocenters. The molecule has 8 nitrogen and oxygen atoms in total. The van der Waals surface area contributed by atoms with E-state index in [1.165, 1.54) is 0 Å². The van der Waals surface area contributed by atoms with Crippen molar-refractivity contribution in [2.75, 3.05) is 32.8 Å². The topological polar surface area (TPSA) is 87.9 Å². The number of carbonyl (C=O) groups is 2. The molecule has 2 aliphatic heterocycles. The highest BCUT2D eigenvalue weighted by Crippen LogP contribution is 2.31. The van der Waals surface area contributed by atoms with Crippen LogP contribution in [0.4, 0.5) is 4.79 Å². The third kappa shape index (κ3) is 4.27. The molecule has 1 aromatic carbocycles. The molecule has 2 aromatic rings. The van der Waals surface area contributed by atoms with Gasteiger partial charge < -0.3 is 24.4 Å². The van der Waals surface area contributed by atoms with Crippen LogP contribution in [0.15, 0.2) is 28.8 Å². The maximum absolute atomic E-state index is 12.9. The zero-order valence-electron chi connectivity index (χ0n) is 17.5. The average molecular weight is 412 g/mol. The van der Waals surface area contributed by atoms with Gasteiger partial charge in [-0.2, -0.15) is 0 Å². The second-order valence-electron chi connectivity index (χ2n) is 7.88. The summed E-state index contributed by atoms with van der Waals surface area (Å²) in [6, 6.07) is 7.72. The summed E-state index contributed by atoms with van der Waals surface area (Å²) >= 11 is 0. The molecule has 2 aliphatic rings. The number of carbonyl (C=O) groups excluding carboxylic acids is 2. The molecule has 1 saturated heterocycles. The van der Waals surface area contributed by atoms with Crippen LogP contribution < -0.4 is 10.1 Å². The third-order valence-electron chi connectivity index (χ3n) is 5.92. The van der Waals surface area contributed by atoms with Crippen molar-refractivity contribution in [2.45, 2.75) is 39.2 Å². The lowest BCUT2D eigenvalue weighted by Gasteiger charge is -2.35. The van der Waals surface area contributed by atoms with Gasteiger partial charge >= 0.3 is 6.03 Å². The van der Waals surface area contributed by atoms with Crippen LogP contribution in [0.3, 0.4) is 0 Å². The maximum Gasteiger partial charge on any atom is 0.318 e. The van der Waals surface area contributed by atoms with E-state index in [0.29, 0.717) is 38.5 Å². The van der Waals surface area contributed by atoms with Gasteiger partial charge in [-0.25, -0.2) is 4.79 Å². The normalized spacial score (nSPS) is 18.9. The number of hydrogen-bond acceptors (Lipinski definition) is 5. The fraction of sp³-hybridized carbons (Fsp3) is 0.500. The van der Waals surface area contributed by atoms with Gasteiger partial charge in [-0.3, -0.25) is 4.79 Å². The molecule has 160 valence electrons. The molecule has 1 aromatic heterocycles. The first kappa shape index (κ1) is 20.3. The summed E-state index contributed by atoms with van der Waals surface area (Å²) in [6.45, 7) is 6.42. The van der Waals surface area contributed by atoms with Gasteiger partial charge in [0.25, 0.3) is 0 Å². The number of hydrogen-bond donors (Lipinski definition) is 1. The van der Waals surface area contributed by atoms with Crippen LogP contribution in [0.5, 0.6) is 5.75 Å². The number of aryl methyl sites for hydroxylation is 2. The Morgan fingerprint density at radius 3 is 2.60 bits per heavy atom. The minimum Gasteiger partial charge on any atom is -0.493 e. The lowest BCUT2D eigenvalue weighted by Crippen LogP contribution is -2.53. The highest BCUT2D eigenvalue weighted by atomic mass is 16.5. The molecule has 0 bridgehead atoms. The molecule has 3 heterocycles. The van der Waals surface area contributed by atoms with E-state index in [0.717, 1.165) is 35.4 Å². The van der Waals surface area contributed by atoms with E-state index in [9.17, 15) is 9.59 Å². The number of aromatic nitrogens is 1. The molecule has 1 N–H and O–H groups in total. The predicted molar refractivity (Wildman–Crippen MR) is 110 cm³/mol. The summed E-state index contributed by atoms with van der Waals surface area (Å²) in [5, 5.41) is 7.07. The largest absolute Gasteiger partial charge is 0.493 e. The number of fused-ring (bicyclic) bond motifs is 1. The first-order valence-corrected chi connectivity index (χ1v) is 10.5. The Morgan fingerprint density at radius 1 is 1.13 bits per heavy atom. The van der Waals surface area contributed by atoms with Gasteiger partial charge in [0.2, 0.25) is 5.91 Å². The Kier molecular flexibility index (Phi) is 5.92. The molecule has 1 fully saturated rings.